The van der Waals surface area contributed by atoms with Crippen LogP contribution in [0.4, 0.5) is 11.8 Å². The van der Waals surface area contributed by atoms with Crippen LogP contribution in [0.5, 0.6) is 0 Å². The van der Waals surface area contributed by atoms with Crippen LogP contribution in [0.2, 0.25) is 0 Å². The van der Waals surface area contributed by atoms with Gasteiger partial charge in [-0.05, 0) is 30.9 Å². The number of fused-ring (bicyclic) bond motifs is 1. The highest BCUT2D eigenvalue weighted by atomic mass is 16.3. The fourth-order valence-electron chi connectivity index (χ4n) is 2.74. The topological polar surface area (TPSA) is 61.3 Å². The molecule has 0 saturated carbocycles. The molecule has 2 aromatic rings. The number of hydrogen-bond acceptors (Lipinski definition) is 5. The fraction of sp³-hybridized carbons (Fsp3) is 0.467. The second-order valence-electron chi connectivity index (χ2n) is 5.25. The molecule has 0 spiro atoms. The first kappa shape index (κ1) is 13.1. The van der Waals surface area contributed by atoms with E-state index in [1.54, 1.807) is 0 Å². The van der Waals surface area contributed by atoms with Gasteiger partial charge in [-0.3, -0.25) is 0 Å². The standard InChI is InChI=1S/C15H20N4O/c1-16-15-17-13-5-3-2-4-12(13)14(18-15)19-8-6-11(10-20)7-9-19/h2-5,11,20H,6-10H2,1H3,(H,16,17,18). The molecule has 1 aromatic heterocycles. The van der Waals surface area contributed by atoms with Crippen molar-refractivity contribution in [3.05, 3.63) is 24.3 Å². The minimum Gasteiger partial charge on any atom is -0.396 e. The van der Waals surface area contributed by atoms with E-state index in [-0.39, 0.29) is 0 Å². The van der Waals surface area contributed by atoms with E-state index in [4.69, 9.17) is 0 Å². The van der Waals surface area contributed by atoms with E-state index in [2.05, 4.69) is 26.3 Å². The normalized spacial score (nSPS) is 16.6. The molecule has 0 atom stereocenters. The van der Waals surface area contributed by atoms with E-state index < -0.39 is 0 Å². The number of rotatable bonds is 3. The maximum atomic E-state index is 9.25. The van der Waals surface area contributed by atoms with Gasteiger partial charge < -0.3 is 15.3 Å². The van der Waals surface area contributed by atoms with Crippen molar-refractivity contribution in [2.24, 2.45) is 5.92 Å². The van der Waals surface area contributed by atoms with Gasteiger partial charge in [0.25, 0.3) is 0 Å². The molecule has 2 heterocycles. The first-order chi connectivity index (χ1) is 9.81. The number of nitrogens with zero attached hydrogens (tertiary/aromatic N) is 3. The number of nitrogens with one attached hydrogen (secondary N) is 1. The second kappa shape index (κ2) is 5.63. The van der Waals surface area contributed by atoms with E-state index in [1.807, 2.05) is 25.2 Å². The molecule has 20 heavy (non-hydrogen) atoms. The van der Waals surface area contributed by atoms with Crippen LogP contribution in [-0.4, -0.2) is 41.8 Å². The predicted molar refractivity (Wildman–Crippen MR) is 81.1 cm³/mol. The number of para-hydroxylation sites is 1. The van der Waals surface area contributed by atoms with Crippen LogP contribution in [0.3, 0.4) is 0 Å². The second-order valence-corrected chi connectivity index (χ2v) is 5.25. The van der Waals surface area contributed by atoms with Crippen molar-refractivity contribution >= 4 is 22.7 Å². The summed E-state index contributed by atoms with van der Waals surface area (Å²) in [5.74, 6) is 2.09. The van der Waals surface area contributed by atoms with Crippen molar-refractivity contribution in [2.75, 3.05) is 37.0 Å². The molecule has 0 amide bonds. The number of piperidine rings is 1. The van der Waals surface area contributed by atoms with E-state index in [0.29, 0.717) is 18.5 Å². The van der Waals surface area contributed by atoms with Crippen LogP contribution in [0.1, 0.15) is 12.8 Å². The van der Waals surface area contributed by atoms with Gasteiger partial charge in [0.15, 0.2) is 0 Å². The first-order valence-electron chi connectivity index (χ1n) is 7.12. The molecule has 2 N–H and O–H groups in total. The zero-order chi connectivity index (χ0) is 13.9. The van der Waals surface area contributed by atoms with Gasteiger partial charge in [-0.2, -0.15) is 4.98 Å². The summed E-state index contributed by atoms with van der Waals surface area (Å²) in [6, 6.07) is 8.11. The Bertz CT molecular complexity index is 593. The minimum absolute atomic E-state index is 0.292. The summed E-state index contributed by atoms with van der Waals surface area (Å²) >= 11 is 0. The van der Waals surface area contributed by atoms with Crippen molar-refractivity contribution in [1.82, 2.24) is 9.97 Å². The Morgan fingerprint density at radius 3 is 2.70 bits per heavy atom. The van der Waals surface area contributed by atoms with Crippen molar-refractivity contribution in [2.45, 2.75) is 12.8 Å². The van der Waals surface area contributed by atoms with Crippen LogP contribution in [0.25, 0.3) is 10.9 Å². The van der Waals surface area contributed by atoms with Gasteiger partial charge in [-0.15, -0.1) is 0 Å². The number of benzene rings is 1. The molecule has 0 radical (unpaired) electrons. The third kappa shape index (κ3) is 2.41. The quantitative estimate of drug-likeness (QED) is 0.893. The zero-order valence-electron chi connectivity index (χ0n) is 11.7. The first-order valence-corrected chi connectivity index (χ1v) is 7.12. The summed E-state index contributed by atoms with van der Waals surface area (Å²) in [5, 5.41) is 13.4. The van der Waals surface area contributed by atoms with Crippen molar-refractivity contribution < 1.29 is 5.11 Å². The maximum absolute atomic E-state index is 9.25. The van der Waals surface area contributed by atoms with Crippen molar-refractivity contribution in [3.8, 4) is 0 Å². The lowest BCUT2D eigenvalue weighted by Crippen LogP contribution is -2.35. The summed E-state index contributed by atoms with van der Waals surface area (Å²) in [7, 11) is 1.84. The summed E-state index contributed by atoms with van der Waals surface area (Å²) in [5.41, 5.74) is 0.964. The Hall–Kier alpha value is -1.88. The average Bonchev–Trinajstić information content (AvgIpc) is 2.54. The molecule has 1 aliphatic heterocycles. The number of anilines is 2. The zero-order valence-corrected chi connectivity index (χ0v) is 11.7. The molecule has 5 heteroatoms. The fourth-order valence-corrected chi connectivity index (χ4v) is 2.74. The molecular formula is C15H20N4O. The molecular weight excluding hydrogens is 252 g/mol. The highest BCUT2D eigenvalue weighted by Crippen LogP contribution is 2.28. The Balaban J connectivity index is 1.98. The summed E-state index contributed by atoms with van der Waals surface area (Å²) in [6.45, 7) is 2.17. The summed E-state index contributed by atoms with van der Waals surface area (Å²) in [4.78, 5) is 11.4. The van der Waals surface area contributed by atoms with E-state index >= 15 is 0 Å². The van der Waals surface area contributed by atoms with Gasteiger partial charge in [0.05, 0.1) is 5.52 Å². The third-order valence-electron chi connectivity index (χ3n) is 3.98. The molecule has 5 nitrogen and oxygen atoms in total. The molecule has 0 unspecified atom stereocenters. The Morgan fingerprint density at radius 1 is 1.25 bits per heavy atom. The molecule has 1 saturated heterocycles. The van der Waals surface area contributed by atoms with Gasteiger partial charge in [-0.1, -0.05) is 12.1 Å². The van der Waals surface area contributed by atoms with Crippen LogP contribution < -0.4 is 10.2 Å². The van der Waals surface area contributed by atoms with Crippen LogP contribution >= 0.6 is 0 Å². The summed E-state index contributed by atoms with van der Waals surface area (Å²) < 4.78 is 0. The Kier molecular flexibility index (Phi) is 3.69. The number of hydrogen-bond donors (Lipinski definition) is 2. The lowest BCUT2D eigenvalue weighted by molar-refractivity contribution is 0.203. The van der Waals surface area contributed by atoms with Gasteiger partial charge in [0.2, 0.25) is 5.95 Å². The highest BCUT2D eigenvalue weighted by Gasteiger charge is 2.21. The Labute approximate surface area is 118 Å². The third-order valence-corrected chi connectivity index (χ3v) is 3.98. The smallest absolute Gasteiger partial charge is 0.224 e. The molecule has 1 fully saturated rings. The number of aromatic nitrogens is 2. The average molecular weight is 272 g/mol. The Morgan fingerprint density at radius 2 is 2.00 bits per heavy atom. The van der Waals surface area contributed by atoms with E-state index in [9.17, 15) is 5.11 Å². The highest BCUT2D eigenvalue weighted by molar-refractivity contribution is 5.90. The SMILES string of the molecule is CNc1nc(N2CCC(CO)CC2)c2ccccc2n1. The monoisotopic (exact) mass is 272 g/mol. The predicted octanol–water partition coefficient (Wildman–Crippen LogP) is 1.88. The minimum atomic E-state index is 0.292. The van der Waals surface area contributed by atoms with Crippen molar-refractivity contribution in [3.63, 3.8) is 0 Å². The molecule has 1 aromatic carbocycles. The molecule has 106 valence electrons. The molecule has 1 aliphatic rings. The lowest BCUT2D eigenvalue weighted by Gasteiger charge is -2.32. The molecule has 0 aliphatic carbocycles. The van der Waals surface area contributed by atoms with Gasteiger partial charge in [0, 0.05) is 32.1 Å². The van der Waals surface area contributed by atoms with Gasteiger partial charge >= 0.3 is 0 Å². The van der Waals surface area contributed by atoms with Crippen LogP contribution in [0.15, 0.2) is 24.3 Å². The van der Waals surface area contributed by atoms with Crippen molar-refractivity contribution in [1.29, 1.82) is 0 Å². The maximum Gasteiger partial charge on any atom is 0.224 e. The van der Waals surface area contributed by atoms with Crippen LogP contribution in [-0.2, 0) is 0 Å². The van der Waals surface area contributed by atoms with Crippen LogP contribution in [0, 0.1) is 5.92 Å². The largest absolute Gasteiger partial charge is 0.396 e. The number of aliphatic hydroxyl groups excluding tert-OH is 1. The van der Waals surface area contributed by atoms with E-state index in [0.717, 1.165) is 42.7 Å². The van der Waals surface area contributed by atoms with Gasteiger partial charge in [-0.25, -0.2) is 4.98 Å². The summed E-state index contributed by atoms with van der Waals surface area (Å²) in [6.07, 6.45) is 2.04. The molecule has 0 bridgehead atoms. The lowest BCUT2D eigenvalue weighted by atomic mass is 9.98. The van der Waals surface area contributed by atoms with Gasteiger partial charge in [0.1, 0.15) is 5.82 Å². The number of aliphatic hydroxyl groups is 1. The van der Waals surface area contributed by atoms with E-state index in [1.165, 1.54) is 0 Å². The molecule has 3 rings (SSSR count).